The first-order chi connectivity index (χ1) is 8.09. The molecule has 0 aliphatic heterocycles. The van der Waals surface area contributed by atoms with E-state index in [1.807, 2.05) is 6.07 Å². The van der Waals surface area contributed by atoms with E-state index in [4.69, 9.17) is 0 Å². The van der Waals surface area contributed by atoms with Crippen LogP contribution in [0.5, 0.6) is 0 Å². The third-order valence-corrected chi connectivity index (χ3v) is 3.97. The SMILES string of the molecule is Cc1ccccc1S(=O)(=O)NCc1cn[nH]c1. The zero-order valence-electron chi connectivity index (χ0n) is 9.34. The highest BCUT2D eigenvalue weighted by atomic mass is 32.2. The minimum absolute atomic E-state index is 0.229. The normalized spacial score (nSPS) is 11.6. The summed E-state index contributed by atoms with van der Waals surface area (Å²) in [6.45, 7) is 2.00. The van der Waals surface area contributed by atoms with Crippen LogP contribution >= 0.6 is 0 Å². The summed E-state index contributed by atoms with van der Waals surface area (Å²) in [5.41, 5.74) is 1.52. The molecule has 0 spiro atoms. The second-order valence-corrected chi connectivity index (χ2v) is 5.43. The third-order valence-electron chi connectivity index (χ3n) is 2.40. The molecule has 17 heavy (non-hydrogen) atoms. The van der Waals surface area contributed by atoms with Gasteiger partial charge in [0.15, 0.2) is 0 Å². The molecule has 2 N–H and O–H groups in total. The maximum Gasteiger partial charge on any atom is 0.241 e. The van der Waals surface area contributed by atoms with Crippen molar-refractivity contribution >= 4 is 10.0 Å². The summed E-state index contributed by atoms with van der Waals surface area (Å²) >= 11 is 0. The predicted octanol–water partition coefficient (Wildman–Crippen LogP) is 1.20. The van der Waals surface area contributed by atoms with E-state index in [9.17, 15) is 8.42 Å². The number of benzene rings is 1. The zero-order valence-corrected chi connectivity index (χ0v) is 10.2. The maximum absolute atomic E-state index is 12.0. The molecule has 0 radical (unpaired) electrons. The molecular weight excluding hydrogens is 238 g/mol. The third kappa shape index (κ3) is 2.72. The monoisotopic (exact) mass is 251 g/mol. The van der Waals surface area contributed by atoms with Crippen LogP contribution in [0, 0.1) is 6.92 Å². The maximum atomic E-state index is 12.0. The fourth-order valence-electron chi connectivity index (χ4n) is 1.49. The number of H-pyrrole nitrogens is 1. The molecule has 0 bridgehead atoms. The van der Waals surface area contributed by atoms with Gasteiger partial charge in [-0.15, -0.1) is 0 Å². The van der Waals surface area contributed by atoms with Crippen molar-refractivity contribution in [1.29, 1.82) is 0 Å². The highest BCUT2D eigenvalue weighted by molar-refractivity contribution is 7.89. The van der Waals surface area contributed by atoms with E-state index in [0.717, 1.165) is 11.1 Å². The molecule has 0 unspecified atom stereocenters. The molecule has 0 aliphatic rings. The molecule has 0 saturated carbocycles. The molecular formula is C11H13N3O2S. The Labute approximate surface area is 99.9 Å². The van der Waals surface area contributed by atoms with E-state index < -0.39 is 10.0 Å². The number of rotatable bonds is 4. The number of aromatic nitrogens is 2. The van der Waals surface area contributed by atoms with Crippen LogP contribution in [-0.4, -0.2) is 18.6 Å². The van der Waals surface area contributed by atoms with Gasteiger partial charge < -0.3 is 0 Å². The van der Waals surface area contributed by atoms with Gasteiger partial charge in [-0.2, -0.15) is 5.10 Å². The number of hydrogen-bond donors (Lipinski definition) is 2. The molecule has 0 aliphatic carbocycles. The van der Waals surface area contributed by atoms with Crippen LogP contribution in [0.15, 0.2) is 41.6 Å². The Morgan fingerprint density at radius 1 is 1.35 bits per heavy atom. The van der Waals surface area contributed by atoms with Gasteiger partial charge in [0.05, 0.1) is 11.1 Å². The topological polar surface area (TPSA) is 74.8 Å². The lowest BCUT2D eigenvalue weighted by Gasteiger charge is -2.07. The molecule has 2 rings (SSSR count). The second-order valence-electron chi connectivity index (χ2n) is 3.70. The Balaban J connectivity index is 2.17. The minimum atomic E-state index is -3.46. The molecule has 1 aromatic carbocycles. The van der Waals surface area contributed by atoms with Gasteiger partial charge in [-0.25, -0.2) is 13.1 Å². The van der Waals surface area contributed by atoms with Gasteiger partial charge in [-0.05, 0) is 18.6 Å². The standard InChI is InChI=1S/C11H13N3O2S/c1-9-4-2-3-5-11(9)17(15,16)14-8-10-6-12-13-7-10/h2-7,14H,8H2,1H3,(H,12,13). The molecule has 6 heteroatoms. The Hall–Kier alpha value is -1.66. The Bertz CT molecular complexity index is 591. The van der Waals surface area contributed by atoms with Crippen molar-refractivity contribution in [1.82, 2.24) is 14.9 Å². The molecule has 0 amide bonds. The van der Waals surface area contributed by atoms with Crippen LogP contribution in [0.4, 0.5) is 0 Å². The fourth-order valence-corrected chi connectivity index (χ4v) is 2.75. The largest absolute Gasteiger partial charge is 0.285 e. The number of nitrogens with one attached hydrogen (secondary N) is 2. The number of sulfonamides is 1. The summed E-state index contributed by atoms with van der Waals surface area (Å²) in [5.74, 6) is 0. The predicted molar refractivity (Wildman–Crippen MR) is 63.8 cm³/mol. The van der Waals surface area contributed by atoms with Crippen LogP contribution < -0.4 is 4.72 Å². The molecule has 0 atom stereocenters. The van der Waals surface area contributed by atoms with Gasteiger partial charge >= 0.3 is 0 Å². The average Bonchev–Trinajstić information content (AvgIpc) is 2.80. The van der Waals surface area contributed by atoms with Crippen molar-refractivity contribution in [3.8, 4) is 0 Å². The summed E-state index contributed by atoms with van der Waals surface area (Å²) in [6, 6.07) is 6.88. The van der Waals surface area contributed by atoms with Crippen LogP contribution in [0.3, 0.4) is 0 Å². The molecule has 5 nitrogen and oxygen atoms in total. The first-order valence-electron chi connectivity index (χ1n) is 5.12. The van der Waals surface area contributed by atoms with Gasteiger partial charge in [0.1, 0.15) is 0 Å². The minimum Gasteiger partial charge on any atom is -0.285 e. The van der Waals surface area contributed by atoms with Crippen molar-refractivity contribution < 1.29 is 8.42 Å². The first kappa shape index (κ1) is 11.8. The Morgan fingerprint density at radius 3 is 2.76 bits per heavy atom. The Morgan fingerprint density at radius 2 is 2.12 bits per heavy atom. The molecule has 90 valence electrons. The van der Waals surface area contributed by atoms with E-state index in [2.05, 4.69) is 14.9 Å². The van der Waals surface area contributed by atoms with Gasteiger partial charge in [0.2, 0.25) is 10.0 Å². The first-order valence-corrected chi connectivity index (χ1v) is 6.61. The van der Waals surface area contributed by atoms with Crippen molar-refractivity contribution in [3.63, 3.8) is 0 Å². The summed E-state index contributed by atoms with van der Waals surface area (Å²) in [7, 11) is -3.46. The molecule has 0 saturated heterocycles. The van der Waals surface area contributed by atoms with E-state index >= 15 is 0 Å². The van der Waals surface area contributed by atoms with Crippen LogP contribution in [0.25, 0.3) is 0 Å². The van der Waals surface area contributed by atoms with Crippen LogP contribution in [-0.2, 0) is 16.6 Å². The number of nitrogens with zero attached hydrogens (tertiary/aromatic N) is 1. The lowest BCUT2D eigenvalue weighted by Crippen LogP contribution is -2.23. The van der Waals surface area contributed by atoms with Gasteiger partial charge in [0, 0.05) is 18.3 Å². The van der Waals surface area contributed by atoms with Crippen molar-refractivity contribution in [2.24, 2.45) is 0 Å². The Kier molecular flexibility index (Phi) is 3.26. The van der Waals surface area contributed by atoms with E-state index in [0.29, 0.717) is 4.90 Å². The number of hydrogen-bond acceptors (Lipinski definition) is 3. The highest BCUT2D eigenvalue weighted by Gasteiger charge is 2.15. The highest BCUT2D eigenvalue weighted by Crippen LogP contribution is 2.14. The quantitative estimate of drug-likeness (QED) is 0.857. The number of aryl methyl sites for hydroxylation is 1. The second kappa shape index (κ2) is 4.68. The van der Waals surface area contributed by atoms with E-state index in [1.165, 1.54) is 0 Å². The summed E-state index contributed by atoms with van der Waals surface area (Å²) in [6.07, 6.45) is 3.24. The lowest BCUT2D eigenvalue weighted by atomic mass is 10.2. The van der Waals surface area contributed by atoms with Crippen molar-refractivity contribution in [3.05, 3.63) is 47.8 Å². The van der Waals surface area contributed by atoms with Crippen LogP contribution in [0.2, 0.25) is 0 Å². The summed E-state index contributed by atoms with van der Waals surface area (Å²) < 4.78 is 26.5. The average molecular weight is 251 g/mol. The zero-order chi connectivity index (χ0) is 12.3. The smallest absolute Gasteiger partial charge is 0.241 e. The lowest BCUT2D eigenvalue weighted by molar-refractivity contribution is 0.580. The van der Waals surface area contributed by atoms with Gasteiger partial charge in [-0.3, -0.25) is 5.10 Å². The summed E-state index contributed by atoms with van der Waals surface area (Å²) in [5, 5.41) is 6.39. The molecule has 2 aromatic rings. The number of aromatic amines is 1. The van der Waals surface area contributed by atoms with E-state index in [-0.39, 0.29) is 6.54 Å². The summed E-state index contributed by atoms with van der Waals surface area (Å²) in [4.78, 5) is 0.309. The molecule has 1 aromatic heterocycles. The van der Waals surface area contributed by atoms with Gasteiger partial charge in [-0.1, -0.05) is 18.2 Å². The fraction of sp³-hybridized carbons (Fsp3) is 0.182. The molecule has 0 fully saturated rings. The van der Waals surface area contributed by atoms with Gasteiger partial charge in [0.25, 0.3) is 0 Å². The molecule has 1 heterocycles. The van der Waals surface area contributed by atoms with E-state index in [1.54, 1.807) is 37.5 Å². The van der Waals surface area contributed by atoms with Crippen molar-refractivity contribution in [2.75, 3.05) is 0 Å². The van der Waals surface area contributed by atoms with Crippen LogP contribution in [0.1, 0.15) is 11.1 Å². The van der Waals surface area contributed by atoms with Crippen molar-refractivity contribution in [2.45, 2.75) is 18.4 Å².